The average molecular weight is 178 g/mol. The van der Waals surface area contributed by atoms with E-state index in [0.29, 0.717) is 12.1 Å². The molecule has 2 saturated heterocycles. The molecular weight excluding hydrogens is 164 g/mol. The summed E-state index contributed by atoms with van der Waals surface area (Å²) in [6.07, 6.45) is 6.12. The van der Waals surface area contributed by atoms with Gasteiger partial charge in [-0.05, 0) is 31.4 Å². The van der Waals surface area contributed by atoms with Crippen LogP contribution in [0.5, 0.6) is 0 Å². The lowest BCUT2D eigenvalue weighted by Crippen LogP contribution is -2.27. The van der Waals surface area contributed by atoms with Crippen molar-refractivity contribution in [2.75, 3.05) is 6.54 Å². The summed E-state index contributed by atoms with van der Waals surface area (Å²) in [5.41, 5.74) is 1.30. The van der Waals surface area contributed by atoms with Crippen molar-refractivity contribution >= 4 is 0 Å². The number of rotatable bonds is 1. The molecule has 0 aromatic carbocycles. The Hall–Kier alpha value is -0.800. The molecule has 0 aliphatic carbocycles. The van der Waals surface area contributed by atoms with E-state index >= 15 is 0 Å². The molecule has 3 heterocycles. The van der Waals surface area contributed by atoms with E-state index in [4.69, 9.17) is 4.84 Å². The van der Waals surface area contributed by atoms with Crippen LogP contribution < -0.4 is 0 Å². The molecule has 3 atom stereocenters. The quantitative estimate of drug-likeness (QED) is 0.711. The zero-order valence-corrected chi connectivity index (χ0v) is 7.57. The zero-order valence-electron chi connectivity index (χ0n) is 7.57. The molecule has 1 aromatic heterocycles. The Morgan fingerprint density at radius 3 is 3.31 bits per heavy atom. The van der Waals surface area contributed by atoms with E-state index in [1.54, 1.807) is 0 Å². The van der Waals surface area contributed by atoms with Crippen molar-refractivity contribution in [1.29, 1.82) is 0 Å². The third kappa shape index (κ3) is 1.19. The third-order valence-electron chi connectivity index (χ3n) is 3.00. The predicted molar refractivity (Wildman–Crippen MR) is 49.0 cm³/mol. The topological polar surface area (TPSA) is 28.3 Å². The normalized spacial score (nSPS) is 38.0. The Labute approximate surface area is 77.6 Å². The minimum atomic E-state index is 0.474. The molecule has 0 spiro atoms. The molecule has 3 nitrogen and oxygen atoms in total. The SMILES string of the molecule is c1c[nH]c(C2CC3CCCN2O3)c1. The van der Waals surface area contributed by atoms with Gasteiger partial charge in [0.25, 0.3) is 0 Å². The van der Waals surface area contributed by atoms with Crippen LogP contribution >= 0.6 is 0 Å². The molecule has 2 bridgehead atoms. The molecule has 0 radical (unpaired) electrons. The van der Waals surface area contributed by atoms with Gasteiger partial charge in [-0.2, -0.15) is 5.06 Å². The van der Waals surface area contributed by atoms with Crippen LogP contribution in [0.25, 0.3) is 0 Å². The number of hydroxylamine groups is 2. The van der Waals surface area contributed by atoms with E-state index in [-0.39, 0.29) is 0 Å². The first-order chi connectivity index (χ1) is 6.43. The van der Waals surface area contributed by atoms with Crippen molar-refractivity contribution < 1.29 is 4.84 Å². The van der Waals surface area contributed by atoms with Gasteiger partial charge in [0.2, 0.25) is 0 Å². The number of hydrogen-bond donors (Lipinski definition) is 1. The van der Waals surface area contributed by atoms with Gasteiger partial charge in [0.1, 0.15) is 0 Å². The smallest absolute Gasteiger partial charge is 0.0813 e. The number of aromatic nitrogens is 1. The van der Waals surface area contributed by atoms with Crippen molar-refractivity contribution in [3.8, 4) is 0 Å². The Kier molecular flexibility index (Phi) is 1.67. The summed E-state index contributed by atoms with van der Waals surface area (Å²) in [6.45, 7) is 1.08. The monoisotopic (exact) mass is 178 g/mol. The maximum atomic E-state index is 5.75. The molecule has 0 saturated carbocycles. The van der Waals surface area contributed by atoms with Gasteiger partial charge in [-0.3, -0.25) is 4.84 Å². The largest absolute Gasteiger partial charge is 0.364 e. The van der Waals surface area contributed by atoms with E-state index in [1.807, 2.05) is 6.20 Å². The van der Waals surface area contributed by atoms with E-state index in [9.17, 15) is 0 Å². The minimum absolute atomic E-state index is 0.474. The molecule has 2 aliphatic heterocycles. The lowest BCUT2D eigenvalue weighted by molar-refractivity contribution is -0.186. The Bertz CT molecular complexity index is 283. The highest BCUT2D eigenvalue weighted by Gasteiger charge is 2.37. The highest BCUT2D eigenvalue weighted by Crippen LogP contribution is 2.38. The van der Waals surface area contributed by atoms with Crippen LogP contribution in [0.15, 0.2) is 18.3 Å². The second-order valence-electron chi connectivity index (χ2n) is 3.89. The zero-order chi connectivity index (χ0) is 8.67. The molecule has 3 heteroatoms. The van der Waals surface area contributed by atoms with Gasteiger partial charge < -0.3 is 4.98 Å². The molecule has 70 valence electrons. The Balaban J connectivity index is 1.86. The van der Waals surface area contributed by atoms with Gasteiger partial charge in [-0.15, -0.1) is 0 Å². The molecule has 3 unspecified atom stereocenters. The molecule has 1 N–H and O–H groups in total. The van der Waals surface area contributed by atoms with Crippen LogP contribution in [-0.2, 0) is 4.84 Å². The van der Waals surface area contributed by atoms with Crippen LogP contribution in [0.1, 0.15) is 31.0 Å². The van der Waals surface area contributed by atoms with Gasteiger partial charge in [0, 0.05) is 18.4 Å². The molecule has 2 aliphatic rings. The molecule has 3 rings (SSSR count). The van der Waals surface area contributed by atoms with Gasteiger partial charge >= 0.3 is 0 Å². The fourth-order valence-corrected chi connectivity index (χ4v) is 2.36. The van der Waals surface area contributed by atoms with Crippen molar-refractivity contribution in [3.63, 3.8) is 0 Å². The number of H-pyrrole nitrogens is 1. The second kappa shape index (κ2) is 2.86. The predicted octanol–water partition coefficient (Wildman–Crippen LogP) is 1.86. The summed E-state index contributed by atoms with van der Waals surface area (Å²) < 4.78 is 0. The summed E-state index contributed by atoms with van der Waals surface area (Å²) in [5, 5.41) is 2.14. The first kappa shape index (κ1) is 7.59. The summed E-state index contributed by atoms with van der Waals surface area (Å²) >= 11 is 0. The number of nitrogens with one attached hydrogen (secondary N) is 1. The summed E-state index contributed by atoms with van der Waals surface area (Å²) in [6, 6.07) is 4.68. The van der Waals surface area contributed by atoms with Crippen molar-refractivity contribution in [1.82, 2.24) is 10.0 Å². The highest BCUT2D eigenvalue weighted by molar-refractivity contribution is 5.10. The number of hydrogen-bond acceptors (Lipinski definition) is 2. The first-order valence-electron chi connectivity index (χ1n) is 5.00. The van der Waals surface area contributed by atoms with Crippen LogP contribution in [-0.4, -0.2) is 22.7 Å². The fourth-order valence-electron chi connectivity index (χ4n) is 2.36. The van der Waals surface area contributed by atoms with Gasteiger partial charge in [0.05, 0.1) is 12.1 Å². The fraction of sp³-hybridized carbons (Fsp3) is 0.600. The minimum Gasteiger partial charge on any atom is -0.364 e. The van der Waals surface area contributed by atoms with Crippen LogP contribution in [0.4, 0.5) is 0 Å². The van der Waals surface area contributed by atoms with Gasteiger partial charge in [-0.1, -0.05) is 0 Å². The first-order valence-corrected chi connectivity index (χ1v) is 5.00. The van der Waals surface area contributed by atoms with Crippen LogP contribution in [0, 0.1) is 0 Å². The van der Waals surface area contributed by atoms with Gasteiger partial charge in [0.15, 0.2) is 0 Å². The lowest BCUT2D eigenvalue weighted by atomic mass is 10.1. The molecular formula is C10H14N2O. The standard InChI is InChI=1S/C10H14N2O/c1-4-9(11-5-1)10-7-8-3-2-6-12(10)13-8/h1,4-5,8,10-11H,2-3,6-7H2. The Morgan fingerprint density at radius 2 is 2.54 bits per heavy atom. The van der Waals surface area contributed by atoms with Crippen molar-refractivity contribution in [3.05, 3.63) is 24.0 Å². The number of nitrogens with zero attached hydrogens (tertiary/aromatic N) is 1. The molecule has 0 amide bonds. The summed E-state index contributed by atoms with van der Waals surface area (Å²) in [4.78, 5) is 9.02. The maximum Gasteiger partial charge on any atom is 0.0813 e. The number of aromatic amines is 1. The summed E-state index contributed by atoms with van der Waals surface area (Å²) in [5.74, 6) is 0. The van der Waals surface area contributed by atoms with E-state index in [1.165, 1.54) is 18.5 Å². The highest BCUT2D eigenvalue weighted by atomic mass is 16.7. The maximum absolute atomic E-state index is 5.75. The van der Waals surface area contributed by atoms with Crippen LogP contribution in [0.3, 0.4) is 0 Å². The third-order valence-corrected chi connectivity index (χ3v) is 3.00. The van der Waals surface area contributed by atoms with Gasteiger partial charge in [-0.25, -0.2) is 0 Å². The number of fused-ring (bicyclic) bond motifs is 2. The molecule has 2 fully saturated rings. The van der Waals surface area contributed by atoms with Crippen LogP contribution in [0.2, 0.25) is 0 Å². The lowest BCUT2D eigenvalue weighted by Gasteiger charge is -2.24. The van der Waals surface area contributed by atoms with E-state index in [2.05, 4.69) is 22.2 Å². The average Bonchev–Trinajstić information content (AvgIpc) is 2.74. The molecule has 13 heavy (non-hydrogen) atoms. The van der Waals surface area contributed by atoms with Crippen molar-refractivity contribution in [2.24, 2.45) is 0 Å². The Morgan fingerprint density at radius 1 is 1.54 bits per heavy atom. The van der Waals surface area contributed by atoms with E-state index < -0.39 is 0 Å². The van der Waals surface area contributed by atoms with Crippen molar-refractivity contribution in [2.45, 2.75) is 31.4 Å². The summed E-state index contributed by atoms with van der Waals surface area (Å²) in [7, 11) is 0. The van der Waals surface area contributed by atoms with E-state index in [0.717, 1.165) is 13.0 Å². The molecule has 1 aromatic rings. The second-order valence-corrected chi connectivity index (χ2v) is 3.89.